The number of rotatable bonds is 3. The molecule has 1 heterocycles. The van der Waals surface area contributed by atoms with Crippen molar-refractivity contribution < 1.29 is 13.5 Å². The second-order valence-electron chi connectivity index (χ2n) is 4.38. The smallest absolute Gasteiger partial charge is 0.210 e. The van der Waals surface area contributed by atoms with Gasteiger partial charge in [0.2, 0.25) is 14.2 Å². The number of thiazole rings is 1. The summed E-state index contributed by atoms with van der Waals surface area (Å²) in [5.74, 6) is 0.0350. The molecule has 102 valence electrons. The van der Waals surface area contributed by atoms with Crippen molar-refractivity contribution in [3.8, 4) is 5.75 Å². The Kier molecular flexibility index (Phi) is 3.19. The monoisotopic (exact) mass is 305 g/mol. The van der Waals surface area contributed by atoms with Crippen LogP contribution in [0.4, 0.5) is 0 Å². The minimum Gasteiger partial charge on any atom is -0.508 e. The fraction of sp³-hybridized carbons (Fsp3) is 0.0714. The van der Waals surface area contributed by atoms with Crippen LogP contribution >= 0.6 is 11.3 Å². The van der Waals surface area contributed by atoms with E-state index in [9.17, 15) is 13.5 Å². The van der Waals surface area contributed by atoms with Gasteiger partial charge in [-0.2, -0.15) is 0 Å². The van der Waals surface area contributed by atoms with Gasteiger partial charge in [0.1, 0.15) is 5.75 Å². The Morgan fingerprint density at radius 3 is 2.60 bits per heavy atom. The van der Waals surface area contributed by atoms with E-state index in [1.807, 2.05) is 6.07 Å². The molecule has 0 fully saturated rings. The maximum atomic E-state index is 12.3. The molecule has 0 saturated carbocycles. The zero-order chi connectivity index (χ0) is 14.2. The van der Waals surface area contributed by atoms with Crippen LogP contribution < -0.4 is 0 Å². The fourth-order valence-corrected chi connectivity index (χ4v) is 4.56. The molecule has 0 aliphatic rings. The largest absolute Gasteiger partial charge is 0.508 e. The minimum atomic E-state index is -3.46. The highest BCUT2D eigenvalue weighted by molar-refractivity contribution is 7.92. The Hall–Kier alpha value is -1.92. The van der Waals surface area contributed by atoms with Crippen LogP contribution in [-0.2, 0) is 15.6 Å². The number of nitrogens with zero attached hydrogens (tertiary/aromatic N) is 1. The molecule has 0 aliphatic carbocycles. The molecule has 4 nitrogen and oxygen atoms in total. The number of sulfone groups is 1. The van der Waals surface area contributed by atoms with Crippen LogP contribution in [0.1, 0.15) is 5.56 Å². The van der Waals surface area contributed by atoms with Gasteiger partial charge in [-0.15, -0.1) is 11.3 Å². The molecule has 0 spiro atoms. The van der Waals surface area contributed by atoms with Crippen molar-refractivity contribution in [1.82, 2.24) is 4.98 Å². The molecular formula is C14H11NO3S2. The summed E-state index contributed by atoms with van der Waals surface area (Å²) < 4.78 is 25.4. The van der Waals surface area contributed by atoms with Crippen molar-refractivity contribution in [3.63, 3.8) is 0 Å². The van der Waals surface area contributed by atoms with E-state index in [0.29, 0.717) is 10.2 Å². The number of hydrogen-bond donors (Lipinski definition) is 1. The predicted molar refractivity (Wildman–Crippen MR) is 78.6 cm³/mol. The molecule has 0 aliphatic heterocycles. The molecule has 0 atom stereocenters. The highest BCUT2D eigenvalue weighted by Gasteiger charge is 2.20. The summed E-state index contributed by atoms with van der Waals surface area (Å²) in [5, 5.41) is 9.41. The normalized spacial score (nSPS) is 11.8. The molecule has 3 rings (SSSR count). The third-order valence-electron chi connectivity index (χ3n) is 2.82. The number of fused-ring (bicyclic) bond motifs is 1. The molecule has 6 heteroatoms. The van der Waals surface area contributed by atoms with Crippen molar-refractivity contribution >= 4 is 31.4 Å². The van der Waals surface area contributed by atoms with Gasteiger partial charge in [-0.25, -0.2) is 13.4 Å². The Labute approximate surface area is 120 Å². The average molecular weight is 305 g/mol. The third-order valence-corrected chi connectivity index (χ3v) is 5.98. The van der Waals surface area contributed by atoms with E-state index in [-0.39, 0.29) is 15.8 Å². The number of aromatic hydroxyl groups is 1. The summed E-state index contributed by atoms with van der Waals surface area (Å²) in [6.45, 7) is 0. The lowest BCUT2D eigenvalue weighted by Gasteiger charge is -2.00. The van der Waals surface area contributed by atoms with Gasteiger partial charge >= 0.3 is 0 Å². The quantitative estimate of drug-likeness (QED) is 0.808. The van der Waals surface area contributed by atoms with Gasteiger partial charge in [-0.3, -0.25) is 0 Å². The minimum absolute atomic E-state index is 0.0698. The van der Waals surface area contributed by atoms with E-state index in [1.54, 1.807) is 30.3 Å². The first-order valence-electron chi connectivity index (χ1n) is 5.91. The van der Waals surface area contributed by atoms with Gasteiger partial charge in [-0.1, -0.05) is 30.3 Å². The first-order chi connectivity index (χ1) is 9.54. The summed E-state index contributed by atoms with van der Waals surface area (Å²) in [4.78, 5) is 4.14. The van der Waals surface area contributed by atoms with E-state index < -0.39 is 9.84 Å². The van der Waals surface area contributed by atoms with Gasteiger partial charge in [0.05, 0.1) is 16.0 Å². The number of benzene rings is 2. The van der Waals surface area contributed by atoms with Crippen molar-refractivity contribution in [2.45, 2.75) is 10.1 Å². The average Bonchev–Trinajstić information content (AvgIpc) is 2.83. The molecule has 2 aromatic carbocycles. The van der Waals surface area contributed by atoms with Crippen LogP contribution in [0.2, 0.25) is 0 Å². The van der Waals surface area contributed by atoms with Crippen molar-refractivity contribution in [1.29, 1.82) is 0 Å². The lowest BCUT2D eigenvalue weighted by atomic mass is 10.2. The fourth-order valence-electron chi connectivity index (χ4n) is 1.88. The molecule has 0 radical (unpaired) electrons. The zero-order valence-corrected chi connectivity index (χ0v) is 12.0. The Morgan fingerprint density at radius 1 is 1.10 bits per heavy atom. The summed E-state index contributed by atoms with van der Waals surface area (Å²) in [6.07, 6.45) is 0. The molecule has 3 aromatic rings. The molecular weight excluding hydrogens is 294 g/mol. The Morgan fingerprint density at radius 2 is 1.85 bits per heavy atom. The molecule has 1 N–H and O–H groups in total. The van der Waals surface area contributed by atoms with Crippen LogP contribution in [0, 0.1) is 0 Å². The first kappa shape index (κ1) is 13.1. The Bertz CT molecular complexity index is 855. The SMILES string of the molecule is O=S(=O)(Cc1ccccc1)c1nc2ccc(O)cc2s1. The van der Waals surface area contributed by atoms with Crippen molar-refractivity contribution in [2.24, 2.45) is 0 Å². The van der Waals surface area contributed by atoms with Crippen LogP contribution in [0.3, 0.4) is 0 Å². The number of phenols is 1. The lowest BCUT2D eigenvalue weighted by molar-refractivity contribution is 0.476. The van der Waals surface area contributed by atoms with Gasteiger partial charge in [0, 0.05) is 0 Å². The van der Waals surface area contributed by atoms with Crippen LogP contribution in [0.5, 0.6) is 5.75 Å². The Balaban J connectivity index is 2.01. The first-order valence-corrected chi connectivity index (χ1v) is 8.38. The van der Waals surface area contributed by atoms with E-state index in [0.717, 1.165) is 16.9 Å². The number of phenolic OH excluding ortho intramolecular Hbond substituents is 1. The number of aromatic nitrogens is 1. The number of hydrogen-bond acceptors (Lipinski definition) is 5. The second kappa shape index (κ2) is 4.88. The van der Waals surface area contributed by atoms with Gasteiger partial charge in [0.15, 0.2) is 0 Å². The van der Waals surface area contributed by atoms with E-state index >= 15 is 0 Å². The summed E-state index contributed by atoms with van der Waals surface area (Å²) in [6, 6.07) is 13.6. The van der Waals surface area contributed by atoms with Gasteiger partial charge < -0.3 is 5.11 Å². The van der Waals surface area contributed by atoms with Gasteiger partial charge in [0.25, 0.3) is 0 Å². The molecule has 0 bridgehead atoms. The van der Waals surface area contributed by atoms with Crippen molar-refractivity contribution in [2.75, 3.05) is 0 Å². The maximum Gasteiger partial charge on any atom is 0.210 e. The van der Waals surface area contributed by atoms with E-state index in [1.165, 1.54) is 12.1 Å². The maximum absolute atomic E-state index is 12.3. The van der Waals surface area contributed by atoms with Crippen LogP contribution in [0.25, 0.3) is 10.2 Å². The predicted octanol–water partition coefficient (Wildman–Crippen LogP) is 2.98. The summed E-state index contributed by atoms with van der Waals surface area (Å²) >= 11 is 1.08. The van der Waals surface area contributed by atoms with Crippen LogP contribution in [-0.4, -0.2) is 18.5 Å². The van der Waals surface area contributed by atoms with Gasteiger partial charge in [-0.05, 0) is 23.8 Å². The molecule has 1 aromatic heterocycles. The zero-order valence-electron chi connectivity index (χ0n) is 10.4. The third kappa shape index (κ3) is 2.52. The van der Waals surface area contributed by atoms with E-state index in [2.05, 4.69) is 4.98 Å². The lowest BCUT2D eigenvalue weighted by Crippen LogP contribution is -2.04. The second-order valence-corrected chi connectivity index (χ2v) is 7.57. The molecule has 0 amide bonds. The molecule has 0 unspecified atom stereocenters. The topological polar surface area (TPSA) is 67.3 Å². The standard InChI is InChI=1S/C14H11NO3S2/c16-11-6-7-12-13(8-11)19-14(15-12)20(17,18)9-10-4-2-1-3-5-10/h1-8,16H,9H2. The van der Waals surface area contributed by atoms with Crippen molar-refractivity contribution in [3.05, 3.63) is 54.1 Å². The summed E-state index contributed by atoms with van der Waals surface area (Å²) in [7, 11) is -3.46. The van der Waals surface area contributed by atoms with Crippen LogP contribution in [0.15, 0.2) is 52.9 Å². The van der Waals surface area contributed by atoms with E-state index in [4.69, 9.17) is 0 Å². The molecule has 0 saturated heterocycles. The molecule has 20 heavy (non-hydrogen) atoms. The highest BCUT2D eigenvalue weighted by atomic mass is 32.2. The highest BCUT2D eigenvalue weighted by Crippen LogP contribution is 2.29. The summed E-state index contributed by atoms with van der Waals surface area (Å²) in [5.41, 5.74) is 1.31.